The zero-order chi connectivity index (χ0) is 13.0. The fourth-order valence-corrected chi connectivity index (χ4v) is 1.77. The molecular formula is C14H22N2O. The van der Waals surface area contributed by atoms with E-state index < -0.39 is 0 Å². The van der Waals surface area contributed by atoms with Crippen molar-refractivity contribution in [2.45, 2.75) is 27.2 Å². The van der Waals surface area contributed by atoms with Crippen molar-refractivity contribution in [2.75, 3.05) is 18.5 Å². The van der Waals surface area contributed by atoms with Crippen LogP contribution in [0, 0.1) is 19.8 Å². The van der Waals surface area contributed by atoms with E-state index in [2.05, 4.69) is 13.8 Å². The second kappa shape index (κ2) is 5.82. The van der Waals surface area contributed by atoms with Crippen LogP contribution < -0.4 is 10.6 Å². The first-order valence-corrected chi connectivity index (χ1v) is 6.02. The molecule has 0 spiro atoms. The van der Waals surface area contributed by atoms with Crippen LogP contribution in [0.4, 0.5) is 5.69 Å². The third kappa shape index (κ3) is 3.30. The van der Waals surface area contributed by atoms with E-state index in [0.29, 0.717) is 6.54 Å². The highest BCUT2D eigenvalue weighted by atomic mass is 16.2. The van der Waals surface area contributed by atoms with Crippen LogP contribution in [0.2, 0.25) is 0 Å². The van der Waals surface area contributed by atoms with Gasteiger partial charge in [0.15, 0.2) is 0 Å². The van der Waals surface area contributed by atoms with E-state index in [0.717, 1.165) is 12.1 Å². The number of rotatable bonds is 4. The normalized spacial score (nSPS) is 12.3. The van der Waals surface area contributed by atoms with Crippen LogP contribution in [0.15, 0.2) is 18.2 Å². The Morgan fingerprint density at radius 1 is 1.35 bits per heavy atom. The largest absolute Gasteiger partial charge is 0.330 e. The monoisotopic (exact) mass is 234 g/mol. The standard InChI is InChI=1S/C14H22N2O/c1-10-5-6-13(9-12(10)3)16(4)14(17)11(2)7-8-15/h5-6,9,11H,7-8,15H2,1-4H3. The van der Waals surface area contributed by atoms with E-state index in [1.807, 2.05) is 32.2 Å². The molecule has 0 saturated heterocycles. The van der Waals surface area contributed by atoms with Gasteiger partial charge < -0.3 is 10.6 Å². The average molecular weight is 234 g/mol. The molecule has 1 amide bonds. The lowest BCUT2D eigenvalue weighted by Gasteiger charge is -2.22. The van der Waals surface area contributed by atoms with Gasteiger partial charge in [-0.3, -0.25) is 4.79 Å². The molecule has 1 atom stereocenters. The van der Waals surface area contributed by atoms with Gasteiger partial charge in [0.2, 0.25) is 5.91 Å². The zero-order valence-corrected chi connectivity index (χ0v) is 11.2. The first kappa shape index (κ1) is 13.7. The third-order valence-electron chi connectivity index (χ3n) is 3.23. The maximum Gasteiger partial charge on any atom is 0.229 e. The molecule has 17 heavy (non-hydrogen) atoms. The number of nitrogens with two attached hydrogens (primary N) is 1. The fraction of sp³-hybridized carbons (Fsp3) is 0.500. The quantitative estimate of drug-likeness (QED) is 0.868. The number of nitrogens with zero attached hydrogens (tertiary/aromatic N) is 1. The molecule has 0 aliphatic heterocycles. The molecule has 0 heterocycles. The fourth-order valence-electron chi connectivity index (χ4n) is 1.77. The molecule has 0 fully saturated rings. The molecule has 0 saturated carbocycles. The molecule has 0 aliphatic carbocycles. The maximum atomic E-state index is 12.1. The summed E-state index contributed by atoms with van der Waals surface area (Å²) in [6.07, 6.45) is 0.730. The van der Waals surface area contributed by atoms with Crippen LogP contribution in [-0.2, 0) is 4.79 Å². The molecule has 3 heteroatoms. The van der Waals surface area contributed by atoms with Crippen LogP contribution in [-0.4, -0.2) is 19.5 Å². The molecule has 3 nitrogen and oxygen atoms in total. The van der Waals surface area contributed by atoms with E-state index in [1.165, 1.54) is 11.1 Å². The number of anilines is 1. The lowest BCUT2D eigenvalue weighted by Crippen LogP contribution is -2.32. The lowest BCUT2D eigenvalue weighted by atomic mass is 10.1. The van der Waals surface area contributed by atoms with Crippen molar-refractivity contribution in [1.82, 2.24) is 0 Å². The maximum absolute atomic E-state index is 12.1. The first-order valence-electron chi connectivity index (χ1n) is 6.02. The molecular weight excluding hydrogens is 212 g/mol. The van der Waals surface area contributed by atoms with Gasteiger partial charge in [-0.25, -0.2) is 0 Å². The van der Waals surface area contributed by atoms with E-state index in [4.69, 9.17) is 5.73 Å². The molecule has 0 radical (unpaired) electrons. The Balaban J connectivity index is 2.85. The van der Waals surface area contributed by atoms with Crippen molar-refractivity contribution in [2.24, 2.45) is 11.7 Å². The summed E-state index contributed by atoms with van der Waals surface area (Å²) in [6.45, 7) is 6.60. The minimum atomic E-state index is -0.0217. The van der Waals surface area contributed by atoms with Gasteiger partial charge >= 0.3 is 0 Å². The summed E-state index contributed by atoms with van der Waals surface area (Å²) in [7, 11) is 1.82. The number of aryl methyl sites for hydroxylation is 2. The summed E-state index contributed by atoms with van der Waals surface area (Å²) in [5, 5.41) is 0. The molecule has 94 valence electrons. The Morgan fingerprint density at radius 3 is 2.53 bits per heavy atom. The predicted molar refractivity (Wildman–Crippen MR) is 72.2 cm³/mol. The van der Waals surface area contributed by atoms with Crippen molar-refractivity contribution in [3.05, 3.63) is 29.3 Å². The van der Waals surface area contributed by atoms with Gasteiger partial charge in [0.25, 0.3) is 0 Å². The van der Waals surface area contributed by atoms with Crippen molar-refractivity contribution in [3.8, 4) is 0 Å². The van der Waals surface area contributed by atoms with Crippen molar-refractivity contribution >= 4 is 11.6 Å². The van der Waals surface area contributed by atoms with Gasteiger partial charge in [-0.1, -0.05) is 13.0 Å². The molecule has 1 aromatic carbocycles. The predicted octanol–water partition coefficient (Wildman–Crippen LogP) is 2.25. The molecule has 1 unspecified atom stereocenters. The van der Waals surface area contributed by atoms with Crippen LogP contribution in [0.5, 0.6) is 0 Å². The number of benzene rings is 1. The summed E-state index contributed by atoms with van der Waals surface area (Å²) in [4.78, 5) is 13.8. The highest BCUT2D eigenvalue weighted by Crippen LogP contribution is 2.19. The molecule has 1 aromatic rings. The number of hydrogen-bond acceptors (Lipinski definition) is 2. The molecule has 1 rings (SSSR count). The lowest BCUT2D eigenvalue weighted by molar-refractivity contribution is -0.121. The SMILES string of the molecule is Cc1ccc(N(C)C(=O)C(C)CCN)cc1C. The van der Waals surface area contributed by atoms with Crippen LogP contribution in [0.3, 0.4) is 0 Å². The van der Waals surface area contributed by atoms with Gasteiger partial charge in [-0.05, 0) is 50.1 Å². The second-order valence-electron chi connectivity index (χ2n) is 4.64. The van der Waals surface area contributed by atoms with Crippen molar-refractivity contribution in [3.63, 3.8) is 0 Å². The van der Waals surface area contributed by atoms with Gasteiger partial charge in [0.05, 0.1) is 0 Å². The summed E-state index contributed by atoms with van der Waals surface area (Å²) in [6, 6.07) is 6.07. The summed E-state index contributed by atoms with van der Waals surface area (Å²) >= 11 is 0. The van der Waals surface area contributed by atoms with E-state index in [1.54, 1.807) is 4.90 Å². The van der Waals surface area contributed by atoms with E-state index in [-0.39, 0.29) is 11.8 Å². The summed E-state index contributed by atoms with van der Waals surface area (Å²) < 4.78 is 0. The van der Waals surface area contributed by atoms with Gasteiger partial charge in [-0.2, -0.15) is 0 Å². The number of carbonyl (C=O) groups excluding carboxylic acids is 1. The third-order valence-corrected chi connectivity index (χ3v) is 3.23. The van der Waals surface area contributed by atoms with E-state index in [9.17, 15) is 4.79 Å². The molecule has 0 aromatic heterocycles. The Hall–Kier alpha value is -1.35. The average Bonchev–Trinajstić information content (AvgIpc) is 2.31. The topological polar surface area (TPSA) is 46.3 Å². The Bertz CT molecular complexity index is 401. The molecule has 0 aliphatic rings. The van der Waals surface area contributed by atoms with Crippen LogP contribution in [0.1, 0.15) is 24.5 Å². The van der Waals surface area contributed by atoms with Crippen molar-refractivity contribution < 1.29 is 4.79 Å². The van der Waals surface area contributed by atoms with Crippen LogP contribution in [0.25, 0.3) is 0 Å². The number of hydrogen-bond donors (Lipinski definition) is 1. The molecule has 0 bridgehead atoms. The minimum Gasteiger partial charge on any atom is -0.330 e. The Morgan fingerprint density at radius 2 is 2.00 bits per heavy atom. The van der Waals surface area contributed by atoms with Gasteiger partial charge in [0.1, 0.15) is 0 Å². The summed E-state index contributed by atoms with van der Waals surface area (Å²) in [5.41, 5.74) is 8.87. The van der Waals surface area contributed by atoms with Crippen LogP contribution >= 0.6 is 0 Å². The van der Waals surface area contributed by atoms with Gasteiger partial charge in [0, 0.05) is 18.7 Å². The Labute approximate surface area is 104 Å². The van der Waals surface area contributed by atoms with Crippen molar-refractivity contribution in [1.29, 1.82) is 0 Å². The first-order chi connectivity index (χ1) is 7.97. The second-order valence-corrected chi connectivity index (χ2v) is 4.64. The Kier molecular flexibility index (Phi) is 4.70. The number of carbonyl (C=O) groups is 1. The summed E-state index contributed by atoms with van der Waals surface area (Å²) in [5.74, 6) is 0.102. The smallest absolute Gasteiger partial charge is 0.229 e. The van der Waals surface area contributed by atoms with Gasteiger partial charge in [-0.15, -0.1) is 0 Å². The minimum absolute atomic E-state index is 0.0217. The highest BCUT2D eigenvalue weighted by Gasteiger charge is 2.18. The number of amides is 1. The van der Waals surface area contributed by atoms with E-state index >= 15 is 0 Å². The molecule has 2 N–H and O–H groups in total. The highest BCUT2D eigenvalue weighted by molar-refractivity contribution is 5.94. The zero-order valence-electron chi connectivity index (χ0n) is 11.2.